The van der Waals surface area contributed by atoms with E-state index in [1.807, 2.05) is 55.5 Å². The molecule has 0 aromatic heterocycles. The molecule has 1 amide bonds. The van der Waals surface area contributed by atoms with Crippen LogP contribution >= 0.6 is 24.0 Å². The number of amides is 1. The van der Waals surface area contributed by atoms with Crippen molar-refractivity contribution in [1.82, 2.24) is 5.32 Å². The summed E-state index contributed by atoms with van der Waals surface area (Å²) in [5.74, 6) is 1.41. The number of carbonyl (C=O) groups excluding carboxylic acids is 1. The van der Waals surface area contributed by atoms with Crippen LogP contribution in [0.5, 0.6) is 11.5 Å². The number of thioether (sulfide) groups is 1. The first kappa shape index (κ1) is 17.5. The van der Waals surface area contributed by atoms with Crippen LogP contribution in [0.3, 0.4) is 0 Å². The Morgan fingerprint density at radius 3 is 2.40 bits per heavy atom. The largest absolute Gasteiger partial charge is 0.490 e. The van der Waals surface area contributed by atoms with E-state index in [1.165, 1.54) is 11.8 Å². The Kier molecular flexibility index (Phi) is 5.73. The van der Waals surface area contributed by atoms with Gasteiger partial charge in [0.1, 0.15) is 29.0 Å². The highest BCUT2D eigenvalue weighted by atomic mass is 32.2. The van der Waals surface area contributed by atoms with E-state index in [9.17, 15) is 4.79 Å². The highest BCUT2D eigenvalue weighted by Gasteiger charge is 2.21. The minimum atomic E-state index is -0.159. The lowest BCUT2D eigenvalue weighted by molar-refractivity contribution is -0.115. The Labute approximate surface area is 156 Å². The van der Waals surface area contributed by atoms with Crippen molar-refractivity contribution in [3.63, 3.8) is 0 Å². The van der Waals surface area contributed by atoms with Crippen LogP contribution in [0.2, 0.25) is 0 Å². The zero-order valence-corrected chi connectivity index (χ0v) is 15.3. The van der Waals surface area contributed by atoms with Crippen LogP contribution in [-0.2, 0) is 4.79 Å². The molecule has 1 N–H and O–H groups in total. The first-order chi connectivity index (χ1) is 12.1. The molecule has 1 heterocycles. The third-order valence-corrected chi connectivity index (χ3v) is 4.57. The van der Waals surface area contributed by atoms with E-state index in [0.29, 0.717) is 22.4 Å². The van der Waals surface area contributed by atoms with E-state index >= 15 is 0 Å². The second kappa shape index (κ2) is 8.18. The fourth-order valence-corrected chi connectivity index (χ4v) is 3.33. The lowest BCUT2D eigenvalue weighted by Gasteiger charge is -2.09. The number of hydrogen-bond acceptors (Lipinski definition) is 5. The number of thiocarbonyl (C=S) groups is 1. The summed E-state index contributed by atoms with van der Waals surface area (Å²) in [6.45, 7) is 2.92. The molecule has 25 heavy (non-hydrogen) atoms. The van der Waals surface area contributed by atoms with E-state index in [2.05, 4.69) is 5.32 Å². The number of benzene rings is 2. The van der Waals surface area contributed by atoms with Crippen molar-refractivity contribution in [2.24, 2.45) is 0 Å². The molecular formula is C19H17NO3S2. The van der Waals surface area contributed by atoms with Crippen LogP contribution < -0.4 is 14.8 Å². The summed E-state index contributed by atoms with van der Waals surface area (Å²) in [6.07, 6.45) is 1.80. The number of nitrogens with one attached hydrogen (secondary N) is 1. The summed E-state index contributed by atoms with van der Waals surface area (Å²) in [7, 11) is 0. The average Bonchev–Trinajstić information content (AvgIpc) is 2.89. The fraction of sp³-hybridized carbons (Fsp3) is 0.158. The fourth-order valence-electron chi connectivity index (χ4n) is 2.29. The number of aryl methyl sites for hydroxylation is 1. The van der Waals surface area contributed by atoms with Crippen LogP contribution in [0.25, 0.3) is 6.08 Å². The highest BCUT2D eigenvalue weighted by Crippen LogP contribution is 2.26. The van der Waals surface area contributed by atoms with Crippen molar-refractivity contribution in [3.8, 4) is 11.5 Å². The van der Waals surface area contributed by atoms with Crippen LogP contribution in [0.4, 0.5) is 0 Å². The zero-order chi connectivity index (χ0) is 17.6. The second-order valence-electron chi connectivity index (χ2n) is 5.44. The van der Waals surface area contributed by atoms with Gasteiger partial charge in [-0.15, -0.1) is 0 Å². The van der Waals surface area contributed by atoms with Crippen LogP contribution in [0.1, 0.15) is 11.1 Å². The van der Waals surface area contributed by atoms with E-state index in [1.54, 1.807) is 6.08 Å². The highest BCUT2D eigenvalue weighted by molar-refractivity contribution is 8.26. The monoisotopic (exact) mass is 371 g/mol. The first-order valence-electron chi connectivity index (χ1n) is 7.77. The summed E-state index contributed by atoms with van der Waals surface area (Å²) in [4.78, 5) is 12.3. The van der Waals surface area contributed by atoms with Gasteiger partial charge in [0.15, 0.2) is 0 Å². The Balaban J connectivity index is 1.54. The molecule has 6 heteroatoms. The molecule has 0 spiro atoms. The SMILES string of the molecule is Cc1cccc(OCCOc2cccc(/C=C3\SC(=S)NC3=O)c2)c1. The van der Waals surface area contributed by atoms with E-state index < -0.39 is 0 Å². The molecule has 2 aromatic rings. The van der Waals surface area contributed by atoms with Gasteiger partial charge in [0, 0.05) is 0 Å². The zero-order valence-electron chi connectivity index (χ0n) is 13.7. The maximum absolute atomic E-state index is 11.7. The maximum Gasteiger partial charge on any atom is 0.263 e. The van der Waals surface area contributed by atoms with Gasteiger partial charge in [-0.05, 0) is 48.4 Å². The molecule has 1 aliphatic rings. The summed E-state index contributed by atoms with van der Waals surface area (Å²) < 4.78 is 11.9. The lowest BCUT2D eigenvalue weighted by atomic mass is 10.2. The van der Waals surface area contributed by atoms with Gasteiger partial charge in [0.25, 0.3) is 5.91 Å². The van der Waals surface area contributed by atoms with Crippen molar-refractivity contribution in [2.75, 3.05) is 13.2 Å². The third kappa shape index (κ3) is 5.08. The average molecular weight is 371 g/mol. The van der Waals surface area contributed by atoms with E-state index in [4.69, 9.17) is 21.7 Å². The maximum atomic E-state index is 11.7. The summed E-state index contributed by atoms with van der Waals surface area (Å²) in [5.41, 5.74) is 2.05. The molecule has 0 radical (unpaired) electrons. The first-order valence-corrected chi connectivity index (χ1v) is 9.00. The quantitative estimate of drug-likeness (QED) is 0.473. The normalized spacial score (nSPS) is 15.3. The van der Waals surface area contributed by atoms with Crippen molar-refractivity contribution in [1.29, 1.82) is 0 Å². The second-order valence-corrected chi connectivity index (χ2v) is 7.16. The lowest BCUT2D eigenvalue weighted by Crippen LogP contribution is -2.17. The van der Waals surface area contributed by atoms with Gasteiger partial charge in [0.05, 0.1) is 4.91 Å². The van der Waals surface area contributed by atoms with Gasteiger partial charge in [0.2, 0.25) is 0 Å². The predicted molar refractivity (Wildman–Crippen MR) is 105 cm³/mol. The molecule has 1 fully saturated rings. The van der Waals surface area contributed by atoms with Gasteiger partial charge < -0.3 is 14.8 Å². The molecule has 128 valence electrons. The van der Waals surface area contributed by atoms with Gasteiger partial charge in [-0.2, -0.15) is 0 Å². The summed E-state index contributed by atoms with van der Waals surface area (Å²) >= 11 is 6.25. The van der Waals surface area contributed by atoms with Crippen LogP contribution in [0, 0.1) is 6.92 Å². The molecule has 0 aliphatic carbocycles. The number of hydrogen-bond donors (Lipinski definition) is 1. The predicted octanol–water partition coefficient (Wildman–Crippen LogP) is 3.94. The molecule has 0 bridgehead atoms. The number of rotatable bonds is 6. The Bertz CT molecular complexity index is 833. The summed E-state index contributed by atoms with van der Waals surface area (Å²) in [6, 6.07) is 15.5. The molecule has 1 aliphatic heterocycles. The van der Waals surface area contributed by atoms with Gasteiger partial charge in [-0.3, -0.25) is 4.79 Å². The van der Waals surface area contributed by atoms with Crippen molar-refractivity contribution in [2.45, 2.75) is 6.92 Å². The molecule has 0 atom stereocenters. The van der Waals surface area contributed by atoms with Gasteiger partial charge >= 0.3 is 0 Å². The molecule has 0 saturated carbocycles. The Morgan fingerprint density at radius 2 is 1.76 bits per heavy atom. The summed E-state index contributed by atoms with van der Waals surface area (Å²) in [5, 5.41) is 2.60. The molecule has 1 saturated heterocycles. The van der Waals surface area contributed by atoms with Crippen molar-refractivity contribution >= 4 is 40.3 Å². The minimum Gasteiger partial charge on any atom is -0.490 e. The van der Waals surface area contributed by atoms with Crippen molar-refractivity contribution in [3.05, 3.63) is 64.6 Å². The van der Waals surface area contributed by atoms with Crippen LogP contribution in [0.15, 0.2) is 53.4 Å². The number of ether oxygens (including phenoxy) is 2. The Hall–Kier alpha value is -2.31. The standard InChI is InChI=1S/C19H17NO3S2/c1-13-4-2-6-15(10-13)22-8-9-23-16-7-3-5-14(11-16)12-17-18(21)20-19(24)25-17/h2-7,10-12H,8-9H2,1H3,(H,20,21,24)/b17-12-. The van der Waals surface area contributed by atoms with Crippen molar-refractivity contribution < 1.29 is 14.3 Å². The van der Waals surface area contributed by atoms with Crippen LogP contribution in [-0.4, -0.2) is 23.4 Å². The Morgan fingerprint density at radius 1 is 1.08 bits per heavy atom. The van der Waals surface area contributed by atoms with E-state index in [-0.39, 0.29) is 5.91 Å². The minimum absolute atomic E-state index is 0.159. The third-order valence-electron chi connectivity index (χ3n) is 3.41. The molecule has 4 nitrogen and oxygen atoms in total. The molecule has 0 unspecified atom stereocenters. The molecule has 3 rings (SSSR count). The topological polar surface area (TPSA) is 47.6 Å². The number of carbonyl (C=O) groups is 1. The van der Waals surface area contributed by atoms with Gasteiger partial charge in [-0.25, -0.2) is 0 Å². The molecular weight excluding hydrogens is 354 g/mol. The van der Waals surface area contributed by atoms with E-state index in [0.717, 1.165) is 22.6 Å². The van der Waals surface area contributed by atoms with Gasteiger partial charge in [-0.1, -0.05) is 48.2 Å². The molecule has 2 aromatic carbocycles. The smallest absolute Gasteiger partial charge is 0.263 e.